The Hall–Kier alpha value is -1.70. The van der Waals surface area contributed by atoms with Gasteiger partial charge in [-0.2, -0.15) is 5.10 Å². The van der Waals surface area contributed by atoms with E-state index in [1.54, 1.807) is 13.0 Å². The highest BCUT2D eigenvalue weighted by Crippen LogP contribution is 2.13. The number of nitrogens with zero attached hydrogens (tertiary/aromatic N) is 2. The number of sulfonamides is 1. The number of hydrogen-bond acceptors (Lipinski definition) is 4. The smallest absolute Gasteiger partial charge is 0.266 e. The van der Waals surface area contributed by atoms with Gasteiger partial charge in [-0.25, -0.2) is 17.8 Å². The lowest BCUT2D eigenvalue weighted by Crippen LogP contribution is -2.32. The summed E-state index contributed by atoms with van der Waals surface area (Å²) in [6.45, 7) is 1.99. The van der Waals surface area contributed by atoms with Gasteiger partial charge < -0.3 is 0 Å². The Morgan fingerprint density at radius 3 is 2.52 bits per heavy atom. The van der Waals surface area contributed by atoms with Crippen LogP contribution in [0.25, 0.3) is 0 Å². The van der Waals surface area contributed by atoms with Crippen molar-refractivity contribution >= 4 is 21.6 Å². The number of aromatic nitrogens is 2. The Morgan fingerprint density at radius 1 is 1.19 bits per heavy atom. The van der Waals surface area contributed by atoms with Crippen LogP contribution in [0.5, 0.6) is 0 Å². The maximum Gasteiger partial charge on any atom is 0.266 e. The third-order valence-corrected chi connectivity index (χ3v) is 4.47. The molecule has 0 aliphatic carbocycles. The van der Waals surface area contributed by atoms with Crippen molar-refractivity contribution in [3.63, 3.8) is 0 Å². The van der Waals surface area contributed by atoms with Gasteiger partial charge in [-0.3, -0.25) is 4.79 Å². The Kier molecular flexibility index (Phi) is 4.76. The first kappa shape index (κ1) is 15.7. The van der Waals surface area contributed by atoms with E-state index in [9.17, 15) is 13.2 Å². The molecular formula is C13H14ClN3O3S. The Morgan fingerprint density at radius 2 is 1.86 bits per heavy atom. The topological polar surface area (TPSA) is 81.1 Å². The van der Waals surface area contributed by atoms with Gasteiger partial charge in [0.2, 0.25) is 10.0 Å². The average molecular weight is 328 g/mol. The summed E-state index contributed by atoms with van der Waals surface area (Å²) in [4.78, 5) is 11.7. The lowest BCUT2D eigenvalue weighted by atomic mass is 10.4. The third-order valence-electron chi connectivity index (χ3n) is 2.74. The lowest BCUT2D eigenvalue weighted by molar-refractivity contribution is 0.544. The van der Waals surface area contributed by atoms with Crippen molar-refractivity contribution < 1.29 is 8.42 Å². The molecule has 1 heterocycles. The van der Waals surface area contributed by atoms with Crippen LogP contribution < -0.4 is 10.3 Å². The first-order valence-corrected chi connectivity index (χ1v) is 8.04. The molecule has 6 nitrogen and oxygen atoms in total. The second-order valence-electron chi connectivity index (χ2n) is 4.39. The maximum absolute atomic E-state index is 12.0. The molecule has 1 aromatic heterocycles. The zero-order valence-corrected chi connectivity index (χ0v) is 12.9. The quantitative estimate of drug-likeness (QED) is 0.894. The molecule has 0 amide bonds. The van der Waals surface area contributed by atoms with Gasteiger partial charge in [-0.05, 0) is 37.3 Å². The minimum Gasteiger partial charge on any atom is -0.268 e. The molecule has 0 unspecified atom stereocenters. The van der Waals surface area contributed by atoms with Crippen LogP contribution in [-0.2, 0) is 16.6 Å². The van der Waals surface area contributed by atoms with E-state index in [1.807, 2.05) is 0 Å². The SMILES string of the molecule is Cc1ccc(=O)n(CCNS(=O)(=O)c2ccc(Cl)cc2)n1. The van der Waals surface area contributed by atoms with Crippen LogP contribution >= 0.6 is 11.6 Å². The van der Waals surface area contributed by atoms with E-state index in [0.29, 0.717) is 10.7 Å². The first-order valence-electron chi connectivity index (χ1n) is 6.18. The molecule has 2 rings (SSSR count). The van der Waals surface area contributed by atoms with Crippen molar-refractivity contribution in [1.29, 1.82) is 0 Å². The normalized spacial score (nSPS) is 11.5. The predicted molar refractivity (Wildman–Crippen MR) is 79.9 cm³/mol. The van der Waals surface area contributed by atoms with Crippen molar-refractivity contribution in [1.82, 2.24) is 14.5 Å². The molecule has 1 aromatic carbocycles. The predicted octanol–water partition coefficient (Wildman–Crippen LogP) is 1.18. The van der Waals surface area contributed by atoms with Gasteiger partial charge in [0.25, 0.3) is 5.56 Å². The minimum atomic E-state index is -3.62. The molecule has 0 radical (unpaired) electrons. The fourth-order valence-corrected chi connectivity index (χ4v) is 2.84. The average Bonchev–Trinajstić information content (AvgIpc) is 2.43. The third kappa shape index (κ3) is 4.13. The van der Waals surface area contributed by atoms with E-state index < -0.39 is 10.0 Å². The molecule has 0 saturated heterocycles. The zero-order valence-electron chi connectivity index (χ0n) is 11.3. The molecule has 0 atom stereocenters. The van der Waals surface area contributed by atoms with E-state index in [0.717, 1.165) is 0 Å². The maximum atomic E-state index is 12.0. The number of halogens is 1. The Balaban J connectivity index is 2.04. The monoisotopic (exact) mass is 327 g/mol. The Labute approximate surface area is 127 Å². The van der Waals surface area contributed by atoms with Crippen molar-refractivity contribution in [2.75, 3.05) is 6.54 Å². The van der Waals surface area contributed by atoms with Crippen molar-refractivity contribution in [3.05, 3.63) is 57.5 Å². The fourth-order valence-electron chi connectivity index (χ4n) is 1.69. The fraction of sp³-hybridized carbons (Fsp3) is 0.231. The summed E-state index contributed by atoms with van der Waals surface area (Å²) in [6, 6.07) is 8.85. The summed E-state index contributed by atoms with van der Waals surface area (Å²) >= 11 is 5.72. The molecule has 1 N–H and O–H groups in total. The number of aryl methyl sites for hydroxylation is 1. The summed E-state index contributed by atoms with van der Waals surface area (Å²) < 4.78 is 27.7. The van der Waals surface area contributed by atoms with Gasteiger partial charge in [0.1, 0.15) is 0 Å². The molecule has 0 saturated carbocycles. The second-order valence-corrected chi connectivity index (χ2v) is 6.59. The van der Waals surface area contributed by atoms with Gasteiger partial charge >= 0.3 is 0 Å². The minimum absolute atomic E-state index is 0.0708. The Bertz CT molecular complexity index is 785. The molecule has 8 heteroatoms. The lowest BCUT2D eigenvalue weighted by Gasteiger charge is -2.08. The number of nitrogens with one attached hydrogen (secondary N) is 1. The molecule has 0 bridgehead atoms. The van der Waals surface area contributed by atoms with E-state index in [1.165, 1.54) is 35.0 Å². The molecule has 0 fully saturated rings. The molecule has 2 aromatic rings. The van der Waals surface area contributed by atoms with Crippen LogP contribution in [0.2, 0.25) is 5.02 Å². The van der Waals surface area contributed by atoms with Crippen LogP contribution in [0.1, 0.15) is 5.69 Å². The second kappa shape index (κ2) is 6.38. The van der Waals surface area contributed by atoms with E-state index in [4.69, 9.17) is 11.6 Å². The molecule has 0 aliphatic heterocycles. The highest BCUT2D eigenvalue weighted by atomic mass is 35.5. The van der Waals surface area contributed by atoms with Crippen LogP contribution in [0, 0.1) is 6.92 Å². The number of rotatable bonds is 5. The van der Waals surface area contributed by atoms with E-state index in [2.05, 4.69) is 9.82 Å². The molecule has 21 heavy (non-hydrogen) atoms. The number of benzene rings is 1. The zero-order chi connectivity index (χ0) is 15.5. The van der Waals surface area contributed by atoms with Gasteiger partial charge in [-0.1, -0.05) is 11.6 Å². The van der Waals surface area contributed by atoms with Crippen molar-refractivity contribution in [2.24, 2.45) is 0 Å². The highest BCUT2D eigenvalue weighted by Gasteiger charge is 2.13. The summed E-state index contributed by atoms with van der Waals surface area (Å²) in [5, 5.41) is 4.49. The standard InChI is InChI=1S/C13H14ClN3O3S/c1-10-2-7-13(18)17(16-10)9-8-15-21(19,20)12-5-3-11(14)4-6-12/h2-7,15H,8-9H2,1H3. The molecular weight excluding hydrogens is 314 g/mol. The highest BCUT2D eigenvalue weighted by molar-refractivity contribution is 7.89. The first-order chi connectivity index (χ1) is 9.88. The summed E-state index contributed by atoms with van der Waals surface area (Å²) in [5.41, 5.74) is 0.418. The van der Waals surface area contributed by atoms with Crippen molar-refractivity contribution in [2.45, 2.75) is 18.4 Å². The van der Waals surface area contributed by atoms with E-state index >= 15 is 0 Å². The van der Waals surface area contributed by atoms with Gasteiger partial charge in [0, 0.05) is 17.6 Å². The van der Waals surface area contributed by atoms with Gasteiger partial charge in [0.05, 0.1) is 17.1 Å². The van der Waals surface area contributed by atoms with Crippen LogP contribution in [0.15, 0.2) is 46.1 Å². The van der Waals surface area contributed by atoms with Crippen LogP contribution in [-0.4, -0.2) is 24.7 Å². The van der Waals surface area contributed by atoms with Crippen molar-refractivity contribution in [3.8, 4) is 0 Å². The molecule has 0 spiro atoms. The van der Waals surface area contributed by atoms with Crippen LogP contribution in [0.3, 0.4) is 0 Å². The molecule has 112 valence electrons. The van der Waals surface area contributed by atoms with E-state index in [-0.39, 0.29) is 23.5 Å². The van der Waals surface area contributed by atoms with Gasteiger partial charge in [-0.15, -0.1) is 0 Å². The summed E-state index contributed by atoms with van der Waals surface area (Å²) in [7, 11) is -3.62. The molecule has 0 aliphatic rings. The largest absolute Gasteiger partial charge is 0.268 e. The van der Waals surface area contributed by atoms with Gasteiger partial charge in [0.15, 0.2) is 0 Å². The van der Waals surface area contributed by atoms with Crippen LogP contribution in [0.4, 0.5) is 0 Å². The summed E-state index contributed by atoms with van der Waals surface area (Å²) in [6.07, 6.45) is 0. The number of hydrogen-bond donors (Lipinski definition) is 1. The summed E-state index contributed by atoms with van der Waals surface area (Å²) in [5.74, 6) is 0.